The van der Waals surface area contributed by atoms with Crippen molar-refractivity contribution in [3.63, 3.8) is 0 Å². The summed E-state index contributed by atoms with van der Waals surface area (Å²) in [5.74, 6) is -0.147. The molecule has 1 aromatic rings. The third-order valence-electron chi connectivity index (χ3n) is 3.66. The molecule has 0 bridgehead atoms. The standard InChI is InChI=1S/C15H22N4O3S/c1-2-16-15(22)19-8-6-18(7-9-19)13(20)3-5-17-14(21)12-4-10-23-11-12/h4,10-11H,2-3,5-9H2,1H3,(H,16,22)(H,17,21). The largest absolute Gasteiger partial charge is 0.351 e. The van der Waals surface area contributed by atoms with Crippen LogP contribution in [0.2, 0.25) is 0 Å². The second-order valence-corrected chi connectivity index (χ2v) is 6.00. The van der Waals surface area contributed by atoms with E-state index in [4.69, 9.17) is 0 Å². The zero-order valence-corrected chi connectivity index (χ0v) is 14.0. The number of piperazine rings is 1. The summed E-state index contributed by atoms with van der Waals surface area (Å²) in [6.45, 7) is 4.95. The van der Waals surface area contributed by atoms with Gasteiger partial charge in [0, 0.05) is 56.6 Å². The first-order valence-electron chi connectivity index (χ1n) is 7.72. The predicted molar refractivity (Wildman–Crippen MR) is 88.5 cm³/mol. The zero-order chi connectivity index (χ0) is 16.7. The Morgan fingerprint density at radius 1 is 1.13 bits per heavy atom. The molecule has 1 aliphatic rings. The Kier molecular flexibility index (Phi) is 6.40. The molecule has 0 spiro atoms. The van der Waals surface area contributed by atoms with E-state index in [9.17, 15) is 14.4 Å². The summed E-state index contributed by atoms with van der Waals surface area (Å²) in [6, 6.07) is 1.67. The Morgan fingerprint density at radius 3 is 2.43 bits per heavy atom. The van der Waals surface area contributed by atoms with Crippen LogP contribution in [0.1, 0.15) is 23.7 Å². The van der Waals surface area contributed by atoms with Gasteiger partial charge in [0.05, 0.1) is 0 Å². The highest BCUT2D eigenvalue weighted by Gasteiger charge is 2.23. The molecule has 8 heteroatoms. The molecule has 2 heterocycles. The van der Waals surface area contributed by atoms with Gasteiger partial charge < -0.3 is 20.4 Å². The van der Waals surface area contributed by atoms with E-state index >= 15 is 0 Å². The third-order valence-corrected chi connectivity index (χ3v) is 4.34. The molecule has 0 aromatic carbocycles. The number of thiophene rings is 1. The van der Waals surface area contributed by atoms with Crippen LogP contribution in [0.25, 0.3) is 0 Å². The van der Waals surface area contributed by atoms with Crippen LogP contribution in [0.4, 0.5) is 4.79 Å². The molecule has 0 radical (unpaired) electrons. The van der Waals surface area contributed by atoms with E-state index in [1.807, 2.05) is 12.3 Å². The maximum atomic E-state index is 12.1. The molecule has 2 rings (SSSR count). The van der Waals surface area contributed by atoms with Crippen molar-refractivity contribution in [1.82, 2.24) is 20.4 Å². The number of rotatable bonds is 5. The molecule has 2 N–H and O–H groups in total. The van der Waals surface area contributed by atoms with Gasteiger partial charge in [-0.15, -0.1) is 0 Å². The minimum atomic E-state index is -0.153. The second-order valence-electron chi connectivity index (χ2n) is 5.22. The molecule has 1 saturated heterocycles. The SMILES string of the molecule is CCNC(=O)N1CCN(C(=O)CCNC(=O)c2ccsc2)CC1. The number of carbonyl (C=O) groups is 3. The molecule has 0 aliphatic carbocycles. The summed E-state index contributed by atoms with van der Waals surface area (Å²) in [4.78, 5) is 39.0. The van der Waals surface area contributed by atoms with Crippen LogP contribution >= 0.6 is 11.3 Å². The monoisotopic (exact) mass is 338 g/mol. The molecular formula is C15H22N4O3S. The number of carbonyl (C=O) groups excluding carboxylic acids is 3. The van der Waals surface area contributed by atoms with Crippen molar-refractivity contribution in [2.45, 2.75) is 13.3 Å². The fourth-order valence-electron chi connectivity index (χ4n) is 2.36. The van der Waals surface area contributed by atoms with E-state index in [1.165, 1.54) is 11.3 Å². The Morgan fingerprint density at radius 2 is 1.83 bits per heavy atom. The minimum Gasteiger partial charge on any atom is -0.351 e. The third kappa shape index (κ3) is 4.95. The number of hydrogen-bond donors (Lipinski definition) is 2. The maximum absolute atomic E-state index is 12.1. The number of nitrogens with zero attached hydrogens (tertiary/aromatic N) is 2. The van der Waals surface area contributed by atoms with Crippen molar-refractivity contribution >= 4 is 29.2 Å². The Bertz CT molecular complexity index is 539. The highest BCUT2D eigenvalue weighted by molar-refractivity contribution is 7.08. The molecule has 0 unspecified atom stereocenters. The highest BCUT2D eigenvalue weighted by atomic mass is 32.1. The summed E-state index contributed by atoms with van der Waals surface area (Å²) in [5, 5.41) is 9.12. The topological polar surface area (TPSA) is 81.8 Å². The van der Waals surface area contributed by atoms with Crippen LogP contribution in [0.15, 0.2) is 16.8 Å². The van der Waals surface area contributed by atoms with E-state index in [-0.39, 0.29) is 24.3 Å². The van der Waals surface area contributed by atoms with Gasteiger partial charge in [0.25, 0.3) is 5.91 Å². The molecule has 0 atom stereocenters. The van der Waals surface area contributed by atoms with Crippen LogP contribution in [-0.4, -0.2) is 66.9 Å². The summed E-state index contributed by atoms with van der Waals surface area (Å²) in [6.07, 6.45) is 0.275. The van der Waals surface area contributed by atoms with Gasteiger partial charge in [0.2, 0.25) is 5.91 Å². The zero-order valence-electron chi connectivity index (χ0n) is 13.2. The van der Waals surface area contributed by atoms with Gasteiger partial charge in [-0.1, -0.05) is 0 Å². The number of urea groups is 1. The first-order chi connectivity index (χ1) is 11.1. The average molecular weight is 338 g/mol. The van der Waals surface area contributed by atoms with E-state index in [0.717, 1.165) is 0 Å². The number of nitrogens with one attached hydrogen (secondary N) is 2. The fraction of sp³-hybridized carbons (Fsp3) is 0.533. The van der Waals surface area contributed by atoms with E-state index < -0.39 is 0 Å². The van der Waals surface area contributed by atoms with Gasteiger partial charge in [-0.25, -0.2) is 4.79 Å². The van der Waals surface area contributed by atoms with Gasteiger partial charge in [-0.3, -0.25) is 9.59 Å². The molecule has 7 nitrogen and oxygen atoms in total. The lowest BCUT2D eigenvalue weighted by Gasteiger charge is -2.34. The summed E-state index contributed by atoms with van der Waals surface area (Å²) in [5.41, 5.74) is 0.623. The van der Waals surface area contributed by atoms with Crippen LogP contribution in [0, 0.1) is 0 Å². The summed E-state index contributed by atoms with van der Waals surface area (Å²) >= 11 is 1.46. The fourth-order valence-corrected chi connectivity index (χ4v) is 2.99. The number of hydrogen-bond acceptors (Lipinski definition) is 4. The van der Waals surface area contributed by atoms with Gasteiger partial charge in [-0.2, -0.15) is 11.3 Å². The molecule has 4 amide bonds. The van der Waals surface area contributed by atoms with Crippen LogP contribution in [0.3, 0.4) is 0 Å². The summed E-state index contributed by atoms with van der Waals surface area (Å²) in [7, 11) is 0. The predicted octanol–water partition coefficient (Wildman–Crippen LogP) is 0.742. The normalized spacial score (nSPS) is 14.5. The van der Waals surface area contributed by atoms with Crippen molar-refractivity contribution in [2.24, 2.45) is 0 Å². The lowest BCUT2D eigenvalue weighted by Crippen LogP contribution is -2.53. The Hall–Kier alpha value is -2.09. The number of amides is 4. The Labute approximate surface area is 139 Å². The molecule has 23 heavy (non-hydrogen) atoms. The molecule has 0 saturated carbocycles. The second kappa shape index (κ2) is 8.52. The first kappa shape index (κ1) is 17.3. The molecule has 1 aliphatic heterocycles. The van der Waals surface area contributed by atoms with Crippen LogP contribution in [-0.2, 0) is 4.79 Å². The molecule has 1 fully saturated rings. The smallest absolute Gasteiger partial charge is 0.317 e. The van der Waals surface area contributed by atoms with Crippen LogP contribution in [0.5, 0.6) is 0 Å². The van der Waals surface area contributed by atoms with E-state index in [2.05, 4.69) is 10.6 Å². The average Bonchev–Trinajstić information content (AvgIpc) is 3.09. The lowest BCUT2D eigenvalue weighted by atomic mass is 10.2. The van der Waals surface area contributed by atoms with Gasteiger partial charge in [0.1, 0.15) is 0 Å². The van der Waals surface area contributed by atoms with E-state index in [0.29, 0.717) is 44.8 Å². The van der Waals surface area contributed by atoms with Crippen molar-refractivity contribution in [3.05, 3.63) is 22.4 Å². The maximum Gasteiger partial charge on any atom is 0.317 e. The highest BCUT2D eigenvalue weighted by Crippen LogP contribution is 2.06. The van der Waals surface area contributed by atoms with Crippen molar-refractivity contribution in [1.29, 1.82) is 0 Å². The summed E-state index contributed by atoms with van der Waals surface area (Å²) < 4.78 is 0. The van der Waals surface area contributed by atoms with Gasteiger partial charge >= 0.3 is 6.03 Å². The Balaban J connectivity index is 1.67. The lowest BCUT2D eigenvalue weighted by molar-refractivity contribution is -0.132. The van der Waals surface area contributed by atoms with E-state index in [1.54, 1.807) is 21.2 Å². The van der Waals surface area contributed by atoms with Gasteiger partial charge in [-0.05, 0) is 18.4 Å². The van der Waals surface area contributed by atoms with Gasteiger partial charge in [0.15, 0.2) is 0 Å². The quantitative estimate of drug-likeness (QED) is 0.831. The van der Waals surface area contributed by atoms with Crippen molar-refractivity contribution < 1.29 is 14.4 Å². The molecule has 126 valence electrons. The first-order valence-corrected chi connectivity index (χ1v) is 8.67. The van der Waals surface area contributed by atoms with Crippen molar-refractivity contribution in [2.75, 3.05) is 39.3 Å². The van der Waals surface area contributed by atoms with Crippen LogP contribution < -0.4 is 10.6 Å². The van der Waals surface area contributed by atoms with Crippen molar-refractivity contribution in [3.8, 4) is 0 Å². The minimum absolute atomic E-state index is 0.00571. The molecular weight excluding hydrogens is 316 g/mol. The molecule has 1 aromatic heterocycles.